The third-order valence-corrected chi connectivity index (χ3v) is 6.50. The summed E-state index contributed by atoms with van der Waals surface area (Å²) in [5.74, 6) is -2.10. The number of nitrogens with one attached hydrogen (secondary N) is 2. The van der Waals surface area contributed by atoms with Crippen molar-refractivity contribution in [3.05, 3.63) is 59.7 Å². The summed E-state index contributed by atoms with van der Waals surface area (Å²) in [6.07, 6.45) is -0.470. The van der Waals surface area contributed by atoms with E-state index in [1.807, 2.05) is 24.3 Å². The maximum absolute atomic E-state index is 12.4. The van der Waals surface area contributed by atoms with Crippen LogP contribution < -0.4 is 10.6 Å². The van der Waals surface area contributed by atoms with Crippen molar-refractivity contribution in [2.24, 2.45) is 11.8 Å². The highest BCUT2D eigenvalue weighted by Gasteiger charge is 2.34. The molecule has 3 atom stereocenters. The number of ether oxygens (including phenoxy) is 2. The maximum atomic E-state index is 12.4. The fraction of sp³-hybridized carbons (Fsp3) is 0.423. The van der Waals surface area contributed by atoms with Crippen LogP contribution in [0.2, 0.25) is 0 Å². The van der Waals surface area contributed by atoms with Crippen molar-refractivity contribution >= 4 is 18.0 Å². The van der Waals surface area contributed by atoms with Gasteiger partial charge in [-0.15, -0.1) is 0 Å². The van der Waals surface area contributed by atoms with Crippen LogP contribution in [0.25, 0.3) is 11.1 Å². The van der Waals surface area contributed by atoms with Crippen molar-refractivity contribution in [1.29, 1.82) is 0 Å². The minimum Gasteiger partial charge on any atom is -0.480 e. The van der Waals surface area contributed by atoms with Crippen LogP contribution in [0.1, 0.15) is 37.3 Å². The van der Waals surface area contributed by atoms with Crippen LogP contribution in [-0.4, -0.2) is 55.0 Å². The molecule has 4 rings (SSSR count). The number of carbonyl (C=O) groups excluding carboxylic acids is 2. The summed E-state index contributed by atoms with van der Waals surface area (Å²) in [5, 5.41) is 14.6. The van der Waals surface area contributed by atoms with Gasteiger partial charge in [-0.25, -0.2) is 9.59 Å². The minimum absolute atomic E-state index is 0.0166. The molecule has 1 aliphatic heterocycles. The largest absolute Gasteiger partial charge is 0.480 e. The molecule has 8 nitrogen and oxygen atoms in total. The highest BCUT2D eigenvalue weighted by Crippen LogP contribution is 2.44. The van der Waals surface area contributed by atoms with Crippen molar-refractivity contribution in [2.75, 3.05) is 19.8 Å². The number of carboxylic acids is 1. The Morgan fingerprint density at radius 3 is 2.26 bits per heavy atom. The van der Waals surface area contributed by atoms with Crippen LogP contribution in [0.5, 0.6) is 0 Å². The van der Waals surface area contributed by atoms with E-state index in [4.69, 9.17) is 9.47 Å². The highest BCUT2D eigenvalue weighted by molar-refractivity contribution is 5.85. The van der Waals surface area contributed by atoms with Gasteiger partial charge in [-0.2, -0.15) is 0 Å². The molecule has 0 spiro atoms. The van der Waals surface area contributed by atoms with Crippen molar-refractivity contribution in [3.63, 3.8) is 0 Å². The number of benzene rings is 2. The summed E-state index contributed by atoms with van der Waals surface area (Å²) < 4.78 is 11.2. The first-order chi connectivity index (χ1) is 16.3. The fourth-order valence-corrected chi connectivity index (χ4v) is 4.66. The summed E-state index contributed by atoms with van der Waals surface area (Å²) in [5.41, 5.74) is 4.62. The molecule has 0 saturated carbocycles. The smallest absolute Gasteiger partial charge is 0.407 e. The predicted molar refractivity (Wildman–Crippen MR) is 125 cm³/mol. The first-order valence-corrected chi connectivity index (χ1v) is 11.6. The summed E-state index contributed by atoms with van der Waals surface area (Å²) in [4.78, 5) is 36.1. The van der Waals surface area contributed by atoms with Crippen LogP contribution in [0, 0.1) is 11.8 Å². The molecule has 2 aromatic rings. The number of amides is 2. The van der Waals surface area contributed by atoms with E-state index < -0.39 is 24.0 Å². The lowest BCUT2D eigenvalue weighted by Crippen LogP contribution is -2.46. The molecule has 0 bridgehead atoms. The van der Waals surface area contributed by atoms with E-state index in [2.05, 4.69) is 34.9 Å². The van der Waals surface area contributed by atoms with E-state index >= 15 is 0 Å². The van der Waals surface area contributed by atoms with Gasteiger partial charge >= 0.3 is 12.1 Å². The second-order valence-electron chi connectivity index (χ2n) is 9.16. The minimum atomic E-state index is -1.06. The van der Waals surface area contributed by atoms with Gasteiger partial charge in [0, 0.05) is 12.5 Å². The lowest BCUT2D eigenvalue weighted by Gasteiger charge is -2.19. The first kappa shape index (κ1) is 23.8. The zero-order chi connectivity index (χ0) is 24.2. The Bertz CT molecular complexity index is 1020. The van der Waals surface area contributed by atoms with Crippen molar-refractivity contribution < 1.29 is 29.0 Å². The molecule has 3 N–H and O–H groups in total. The van der Waals surface area contributed by atoms with Gasteiger partial charge in [0.25, 0.3) is 0 Å². The summed E-state index contributed by atoms with van der Waals surface area (Å²) >= 11 is 0. The van der Waals surface area contributed by atoms with E-state index in [-0.39, 0.29) is 43.6 Å². The van der Waals surface area contributed by atoms with Gasteiger partial charge in [0.1, 0.15) is 12.6 Å². The third kappa shape index (κ3) is 5.07. The van der Waals surface area contributed by atoms with Crippen LogP contribution in [-0.2, 0) is 19.1 Å². The van der Waals surface area contributed by atoms with E-state index in [0.717, 1.165) is 11.1 Å². The quantitative estimate of drug-likeness (QED) is 0.551. The number of alkyl carbamates (subject to hydrolysis) is 1. The number of aliphatic carboxylic acids is 1. The molecule has 34 heavy (non-hydrogen) atoms. The molecule has 0 aromatic heterocycles. The molecule has 0 radical (unpaired) electrons. The molecular formula is C26H30N2O6. The lowest BCUT2D eigenvalue weighted by molar-refractivity contribution is -0.143. The molecular weight excluding hydrogens is 436 g/mol. The van der Waals surface area contributed by atoms with E-state index in [0.29, 0.717) is 6.42 Å². The van der Waals surface area contributed by atoms with Crippen LogP contribution >= 0.6 is 0 Å². The van der Waals surface area contributed by atoms with Gasteiger partial charge < -0.3 is 25.2 Å². The van der Waals surface area contributed by atoms with Crippen LogP contribution in [0.3, 0.4) is 0 Å². The van der Waals surface area contributed by atoms with Gasteiger partial charge in [0.15, 0.2) is 0 Å². The molecule has 2 aliphatic rings. The zero-order valence-corrected chi connectivity index (χ0v) is 19.3. The van der Waals surface area contributed by atoms with Gasteiger partial charge in [-0.3, -0.25) is 4.79 Å². The van der Waals surface area contributed by atoms with Gasteiger partial charge in [0.2, 0.25) is 5.91 Å². The topological polar surface area (TPSA) is 114 Å². The summed E-state index contributed by atoms with van der Waals surface area (Å²) in [6.45, 7) is 4.11. The predicted octanol–water partition coefficient (Wildman–Crippen LogP) is 3.16. The Kier molecular flexibility index (Phi) is 7.17. The van der Waals surface area contributed by atoms with Crippen LogP contribution in [0.15, 0.2) is 48.5 Å². The number of carbonyl (C=O) groups is 3. The van der Waals surface area contributed by atoms with Crippen molar-refractivity contribution in [2.45, 2.75) is 38.3 Å². The number of fused-ring (bicyclic) bond motifs is 3. The molecule has 1 fully saturated rings. The Morgan fingerprint density at radius 1 is 1.06 bits per heavy atom. The molecule has 8 heteroatoms. The molecule has 2 aromatic carbocycles. The monoisotopic (exact) mass is 466 g/mol. The second kappa shape index (κ2) is 10.3. The highest BCUT2D eigenvalue weighted by atomic mass is 16.5. The number of carboxylic acid groups (broad SMARTS) is 1. The average molecular weight is 467 g/mol. The second-order valence-corrected chi connectivity index (χ2v) is 9.16. The Labute approximate surface area is 198 Å². The molecule has 1 heterocycles. The number of rotatable bonds is 8. The molecule has 2 amide bonds. The van der Waals surface area contributed by atoms with Gasteiger partial charge in [-0.1, -0.05) is 62.4 Å². The van der Waals surface area contributed by atoms with Crippen LogP contribution in [0.4, 0.5) is 4.79 Å². The normalized spacial score (nSPS) is 19.9. The number of hydrogen-bond donors (Lipinski definition) is 3. The van der Waals surface area contributed by atoms with Gasteiger partial charge in [-0.05, 0) is 34.6 Å². The molecule has 180 valence electrons. The molecule has 2 unspecified atom stereocenters. The van der Waals surface area contributed by atoms with E-state index in [1.165, 1.54) is 11.1 Å². The maximum Gasteiger partial charge on any atom is 0.407 e. The standard InChI is InChI=1S/C26H30N2O6/c1-15(2)23(25(30)31)28-24(29)16-11-17(33-13-16)12-27-26(32)34-14-22-20-9-5-3-7-18(20)19-8-4-6-10-21(19)22/h3-10,15-17,22-23H,11-14H2,1-2H3,(H,27,32)(H,28,29)(H,30,31)/t16?,17?,23-/m1/s1. The summed E-state index contributed by atoms with van der Waals surface area (Å²) in [6, 6.07) is 15.3. The van der Waals surface area contributed by atoms with Crippen molar-refractivity contribution in [3.8, 4) is 11.1 Å². The Balaban J connectivity index is 1.25. The van der Waals surface area contributed by atoms with E-state index in [9.17, 15) is 19.5 Å². The third-order valence-electron chi connectivity index (χ3n) is 6.50. The summed E-state index contributed by atoms with van der Waals surface area (Å²) in [7, 11) is 0. The van der Waals surface area contributed by atoms with Gasteiger partial charge in [0.05, 0.1) is 18.6 Å². The fourth-order valence-electron chi connectivity index (χ4n) is 4.66. The molecule has 1 saturated heterocycles. The van der Waals surface area contributed by atoms with E-state index in [1.54, 1.807) is 13.8 Å². The average Bonchev–Trinajstić information content (AvgIpc) is 3.42. The molecule has 1 aliphatic carbocycles. The number of hydrogen-bond acceptors (Lipinski definition) is 5. The lowest BCUT2D eigenvalue weighted by atomic mass is 9.98. The Hall–Kier alpha value is -3.39. The Morgan fingerprint density at radius 2 is 1.68 bits per heavy atom. The zero-order valence-electron chi connectivity index (χ0n) is 19.3. The first-order valence-electron chi connectivity index (χ1n) is 11.6. The SMILES string of the molecule is CC(C)[C@@H](NC(=O)C1COC(CNC(=O)OCC2c3ccccc3-c3ccccc32)C1)C(=O)O. The van der Waals surface area contributed by atoms with Crippen molar-refractivity contribution in [1.82, 2.24) is 10.6 Å².